The quantitative estimate of drug-likeness (QED) is 0.756. The van der Waals surface area contributed by atoms with Gasteiger partial charge in [-0.25, -0.2) is 0 Å². The Balaban J connectivity index is 2.08. The zero-order valence-corrected chi connectivity index (χ0v) is 7.67. The molecule has 0 aliphatic rings. The molecular formula is C8H8N4O3. The van der Waals surface area contributed by atoms with Crippen LogP contribution >= 0.6 is 0 Å². The predicted octanol–water partition coefficient (Wildman–Crippen LogP) is 0.477. The third-order valence-corrected chi connectivity index (χ3v) is 1.76. The van der Waals surface area contributed by atoms with Gasteiger partial charge in [-0.05, 0) is 0 Å². The molecule has 0 unspecified atom stereocenters. The van der Waals surface area contributed by atoms with Crippen molar-refractivity contribution >= 4 is 5.97 Å². The molecule has 0 saturated heterocycles. The first kappa shape index (κ1) is 9.38. The average molecular weight is 208 g/mol. The van der Waals surface area contributed by atoms with Gasteiger partial charge >= 0.3 is 5.97 Å². The summed E-state index contributed by atoms with van der Waals surface area (Å²) in [6, 6.07) is 0. The number of nitrogens with zero attached hydrogens (tertiary/aromatic N) is 3. The van der Waals surface area contributed by atoms with Gasteiger partial charge in [0.2, 0.25) is 5.89 Å². The Morgan fingerprint density at radius 1 is 1.53 bits per heavy atom. The molecule has 0 aliphatic heterocycles. The van der Waals surface area contributed by atoms with E-state index in [0.717, 1.165) is 0 Å². The van der Waals surface area contributed by atoms with Crippen molar-refractivity contribution in [3.8, 4) is 11.5 Å². The van der Waals surface area contributed by atoms with E-state index in [4.69, 9.17) is 9.52 Å². The first-order valence-corrected chi connectivity index (χ1v) is 4.29. The molecule has 0 amide bonds. The van der Waals surface area contributed by atoms with Crippen molar-refractivity contribution in [3.05, 3.63) is 18.3 Å². The van der Waals surface area contributed by atoms with Crippen LogP contribution in [0.5, 0.6) is 0 Å². The smallest absolute Gasteiger partial charge is 0.303 e. The van der Waals surface area contributed by atoms with Crippen LogP contribution in [-0.2, 0) is 11.2 Å². The molecule has 0 fully saturated rings. The van der Waals surface area contributed by atoms with Gasteiger partial charge in [0.05, 0.1) is 18.2 Å². The van der Waals surface area contributed by atoms with Crippen LogP contribution in [0.3, 0.4) is 0 Å². The van der Waals surface area contributed by atoms with Gasteiger partial charge in [-0.15, -0.1) is 10.2 Å². The average Bonchev–Trinajstić information content (AvgIpc) is 2.85. The number of carbonyl (C=O) groups is 1. The van der Waals surface area contributed by atoms with E-state index in [-0.39, 0.29) is 12.8 Å². The number of aromatic nitrogens is 4. The summed E-state index contributed by atoms with van der Waals surface area (Å²) >= 11 is 0. The van der Waals surface area contributed by atoms with Gasteiger partial charge in [0.15, 0.2) is 0 Å². The largest absolute Gasteiger partial charge is 0.481 e. The molecule has 0 bridgehead atoms. The van der Waals surface area contributed by atoms with Crippen LogP contribution in [-0.4, -0.2) is 31.5 Å². The highest BCUT2D eigenvalue weighted by atomic mass is 16.4. The van der Waals surface area contributed by atoms with Gasteiger partial charge in [-0.2, -0.15) is 5.10 Å². The molecule has 7 nitrogen and oxygen atoms in total. The van der Waals surface area contributed by atoms with E-state index in [2.05, 4.69) is 20.4 Å². The fourth-order valence-electron chi connectivity index (χ4n) is 1.05. The van der Waals surface area contributed by atoms with Crippen molar-refractivity contribution in [3.63, 3.8) is 0 Å². The molecule has 2 N–H and O–H groups in total. The van der Waals surface area contributed by atoms with E-state index in [1.165, 1.54) is 0 Å². The molecular weight excluding hydrogens is 200 g/mol. The van der Waals surface area contributed by atoms with Gasteiger partial charge in [-0.3, -0.25) is 9.89 Å². The summed E-state index contributed by atoms with van der Waals surface area (Å²) in [5.41, 5.74) is 0.684. The van der Waals surface area contributed by atoms with Crippen molar-refractivity contribution in [2.45, 2.75) is 12.8 Å². The molecule has 2 rings (SSSR count). The van der Waals surface area contributed by atoms with Crippen LogP contribution in [0, 0.1) is 0 Å². The standard InChI is InChI=1S/C8H8N4O3/c13-7(14)2-1-6-11-12-8(15-6)5-3-9-10-4-5/h3-4H,1-2H2,(H,9,10)(H,13,14). The lowest BCUT2D eigenvalue weighted by Gasteiger charge is -1.88. The fourth-order valence-corrected chi connectivity index (χ4v) is 1.05. The maximum atomic E-state index is 10.3. The number of H-pyrrole nitrogens is 1. The zero-order chi connectivity index (χ0) is 10.7. The monoisotopic (exact) mass is 208 g/mol. The topological polar surface area (TPSA) is 105 Å². The lowest BCUT2D eigenvalue weighted by Crippen LogP contribution is -1.97. The summed E-state index contributed by atoms with van der Waals surface area (Å²) in [6.45, 7) is 0. The molecule has 7 heteroatoms. The lowest BCUT2D eigenvalue weighted by atomic mass is 10.3. The number of hydrogen-bond acceptors (Lipinski definition) is 5. The maximum absolute atomic E-state index is 10.3. The van der Waals surface area contributed by atoms with Crippen LogP contribution < -0.4 is 0 Å². The Kier molecular flexibility index (Phi) is 2.44. The van der Waals surface area contributed by atoms with E-state index in [1.807, 2.05) is 0 Å². The van der Waals surface area contributed by atoms with Gasteiger partial charge < -0.3 is 9.52 Å². The molecule has 0 aromatic carbocycles. The summed E-state index contributed by atoms with van der Waals surface area (Å²) in [4.78, 5) is 10.3. The number of nitrogens with one attached hydrogen (secondary N) is 1. The molecule has 2 aromatic heterocycles. The van der Waals surface area contributed by atoms with Gasteiger partial charge in [-0.1, -0.05) is 0 Å². The fraction of sp³-hybridized carbons (Fsp3) is 0.250. The second kappa shape index (κ2) is 3.91. The molecule has 2 heterocycles. The maximum Gasteiger partial charge on any atom is 0.303 e. The van der Waals surface area contributed by atoms with Crippen LogP contribution in [0.15, 0.2) is 16.8 Å². The Hall–Kier alpha value is -2.18. The van der Waals surface area contributed by atoms with Crippen molar-refractivity contribution in [2.24, 2.45) is 0 Å². The Morgan fingerprint density at radius 3 is 3.07 bits per heavy atom. The molecule has 0 saturated carbocycles. The molecule has 78 valence electrons. The van der Waals surface area contributed by atoms with E-state index < -0.39 is 5.97 Å². The second-order valence-corrected chi connectivity index (χ2v) is 2.88. The van der Waals surface area contributed by atoms with E-state index in [9.17, 15) is 4.79 Å². The summed E-state index contributed by atoms with van der Waals surface area (Å²) in [5, 5.41) is 22.3. The molecule has 2 aromatic rings. The second-order valence-electron chi connectivity index (χ2n) is 2.88. The first-order chi connectivity index (χ1) is 7.25. The lowest BCUT2D eigenvalue weighted by molar-refractivity contribution is -0.137. The van der Waals surface area contributed by atoms with Crippen LogP contribution in [0.25, 0.3) is 11.5 Å². The van der Waals surface area contributed by atoms with E-state index in [0.29, 0.717) is 17.3 Å². The number of aryl methyl sites for hydroxylation is 1. The van der Waals surface area contributed by atoms with Gasteiger partial charge in [0, 0.05) is 12.6 Å². The number of carboxylic acids is 1. The van der Waals surface area contributed by atoms with E-state index in [1.54, 1.807) is 12.4 Å². The van der Waals surface area contributed by atoms with Crippen LogP contribution in [0.4, 0.5) is 0 Å². The van der Waals surface area contributed by atoms with Crippen molar-refractivity contribution < 1.29 is 14.3 Å². The highest BCUT2D eigenvalue weighted by Gasteiger charge is 2.10. The Morgan fingerprint density at radius 2 is 2.40 bits per heavy atom. The van der Waals surface area contributed by atoms with Crippen molar-refractivity contribution in [1.29, 1.82) is 0 Å². The highest BCUT2D eigenvalue weighted by Crippen LogP contribution is 2.15. The third kappa shape index (κ3) is 2.19. The number of aliphatic carboxylic acids is 1. The molecule has 0 radical (unpaired) electrons. The predicted molar refractivity (Wildman–Crippen MR) is 47.8 cm³/mol. The Bertz CT molecular complexity index is 448. The Labute approximate surface area is 84.1 Å². The minimum absolute atomic E-state index is 0.0208. The first-order valence-electron chi connectivity index (χ1n) is 4.29. The van der Waals surface area contributed by atoms with Gasteiger partial charge in [0.1, 0.15) is 0 Å². The summed E-state index contributed by atoms with van der Waals surface area (Å²) in [5.74, 6) is -0.240. The minimum atomic E-state index is -0.891. The molecule has 0 spiro atoms. The summed E-state index contributed by atoms with van der Waals surface area (Å²) < 4.78 is 5.23. The molecule has 0 aliphatic carbocycles. The SMILES string of the molecule is O=C(O)CCc1nnc(-c2cn[nH]c2)o1. The summed E-state index contributed by atoms with van der Waals surface area (Å²) in [6.07, 6.45) is 3.39. The number of aromatic amines is 1. The van der Waals surface area contributed by atoms with Gasteiger partial charge in [0.25, 0.3) is 5.89 Å². The van der Waals surface area contributed by atoms with Crippen molar-refractivity contribution in [1.82, 2.24) is 20.4 Å². The number of hydrogen-bond donors (Lipinski definition) is 2. The normalized spacial score (nSPS) is 10.4. The minimum Gasteiger partial charge on any atom is -0.481 e. The zero-order valence-electron chi connectivity index (χ0n) is 7.67. The summed E-state index contributed by atoms with van der Waals surface area (Å²) in [7, 11) is 0. The van der Waals surface area contributed by atoms with Crippen molar-refractivity contribution in [2.75, 3.05) is 0 Å². The third-order valence-electron chi connectivity index (χ3n) is 1.76. The van der Waals surface area contributed by atoms with Crippen LogP contribution in [0.2, 0.25) is 0 Å². The number of rotatable bonds is 4. The number of carboxylic acid groups (broad SMARTS) is 1. The highest BCUT2D eigenvalue weighted by molar-refractivity contribution is 5.66. The molecule has 0 atom stereocenters. The van der Waals surface area contributed by atoms with E-state index >= 15 is 0 Å². The van der Waals surface area contributed by atoms with Crippen LogP contribution in [0.1, 0.15) is 12.3 Å². The molecule has 15 heavy (non-hydrogen) atoms.